The molecule has 3 rings (SSSR count). The molecule has 2 aromatic rings. The van der Waals surface area contributed by atoms with Gasteiger partial charge in [-0.15, -0.1) is 0 Å². The van der Waals surface area contributed by atoms with Crippen molar-refractivity contribution in [2.45, 2.75) is 18.6 Å². The van der Waals surface area contributed by atoms with Crippen LogP contribution in [0, 0.1) is 5.82 Å². The number of hydrogen-bond donors (Lipinski definition) is 2. The molecule has 2 N–H and O–H groups in total. The van der Waals surface area contributed by atoms with E-state index in [2.05, 4.69) is 0 Å². The van der Waals surface area contributed by atoms with E-state index in [1.54, 1.807) is 0 Å². The van der Waals surface area contributed by atoms with E-state index in [0.29, 0.717) is 0 Å². The van der Waals surface area contributed by atoms with Gasteiger partial charge in [0.05, 0.1) is 16.9 Å². The Morgan fingerprint density at radius 1 is 1.48 bits per heavy atom. The number of nitrogens with zero attached hydrogens (tertiary/aromatic N) is 1. The summed E-state index contributed by atoms with van der Waals surface area (Å²) in [5, 5.41) is 17.6. The Kier molecular flexibility index (Phi) is 2.91. The number of phenols is 1. The molecule has 1 heterocycles. The van der Waals surface area contributed by atoms with E-state index in [1.165, 1.54) is 0 Å². The lowest BCUT2D eigenvalue weighted by molar-refractivity contribution is 0.0694. The number of benzene rings is 1. The molecule has 5 nitrogen and oxygen atoms in total. The van der Waals surface area contributed by atoms with E-state index in [-0.39, 0.29) is 17.3 Å². The van der Waals surface area contributed by atoms with Crippen molar-refractivity contribution in [2.24, 2.45) is 0 Å². The number of hydrogen-bond acceptors (Lipinski definition) is 3. The minimum Gasteiger partial charge on any atom is -0.505 e. The lowest BCUT2D eigenvalue weighted by Crippen LogP contribution is -2.19. The number of rotatable bonds is 2. The van der Waals surface area contributed by atoms with Gasteiger partial charge in [0.2, 0.25) is 5.43 Å². The molecule has 0 bridgehead atoms. The molecule has 1 fully saturated rings. The fraction of sp³-hybridized carbons (Fsp3) is 0.231. The normalized spacial score (nSPS) is 20.7. The Morgan fingerprint density at radius 3 is 2.62 bits per heavy atom. The van der Waals surface area contributed by atoms with Crippen LogP contribution in [-0.4, -0.2) is 26.9 Å². The Bertz CT molecular complexity index is 848. The smallest absolute Gasteiger partial charge is 0.341 e. The van der Waals surface area contributed by atoms with Crippen molar-refractivity contribution in [1.29, 1.82) is 0 Å². The molecule has 1 saturated carbocycles. The van der Waals surface area contributed by atoms with Crippen molar-refractivity contribution in [1.82, 2.24) is 4.57 Å². The highest BCUT2D eigenvalue weighted by molar-refractivity contribution is 6.35. The van der Waals surface area contributed by atoms with Crippen LogP contribution in [-0.2, 0) is 0 Å². The summed E-state index contributed by atoms with van der Waals surface area (Å²) in [4.78, 5) is 23.2. The van der Waals surface area contributed by atoms with Crippen LogP contribution in [0.4, 0.5) is 8.78 Å². The van der Waals surface area contributed by atoms with E-state index in [1.807, 2.05) is 0 Å². The number of aromatic nitrogens is 1. The first-order chi connectivity index (χ1) is 9.82. The predicted molar refractivity (Wildman–Crippen MR) is 70.4 cm³/mol. The van der Waals surface area contributed by atoms with E-state index in [0.717, 1.165) is 16.8 Å². The summed E-state index contributed by atoms with van der Waals surface area (Å²) in [5.41, 5.74) is -1.63. The van der Waals surface area contributed by atoms with Gasteiger partial charge in [-0.3, -0.25) is 4.79 Å². The predicted octanol–water partition coefficient (Wildman–Crippen LogP) is 2.48. The van der Waals surface area contributed by atoms with Crippen molar-refractivity contribution in [3.05, 3.63) is 38.9 Å². The number of fused-ring (bicyclic) bond motifs is 1. The molecule has 21 heavy (non-hydrogen) atoms. The van der Waals surface area contributed by atoms with Gasteiger partial charge in [0, 0.05) is 12.6 Å². The van der Waals surface area contributed by atoms with E-state index < -0.39 is 45.8 Å². The average Bonchev–Trinajstić information content (AvgIpc) is 3.14. The number of carboxylic acid groups (broad SMARTS) is 1. The maximum absolute atomic E-state index is 13.7. The van der Waals surface area contributed by atoms with Crippen LogP contribution in [0.15, 0.2) is 17.1 Å². The van der Waals surface area contributed by atoms with Gasteiger partial charge < -0.3 is 14.8 Å². The SMILES string of the molecule is O=C(O)c1cn(C2CC2F)c2c(Cl)c(F)c(O)cc2c1=O. The molecular formula is C13H8ClF2NO4. The number of pyridine rings is 1. The standard InChI is InChI=1S/C13H8ClF2NO4/c14-9-10(16)8(18)1-4-11(9)17(7-2-6(7)15)3-5(12(4)19)13(20)21/h1,3,6-7,18H,2H2,(H,20,21). The molecule has 0 amide bonds. The van der Waals surface area contributed by atoms with Gasteiger partial charge in [-0.05, 0) is 6.07 Å². The number of alkyl halides is 1. The van der Waals surface area contributed by atoms with Gasteiger partial charge in [-0.2, -0.15) is 0 Å². The summed E-state index contributed by atoms with van der Waals surface area (Å²) >= 11 is 5.80. The lowest BCUT2D eigenvalue weighted by atomic mass is 10.1. The summed E-state index contributed by atoms with van der Waals surface area (Å²) in [7, 11) is 0. The van der Waals surface area contributed by atoms with Crippen molar-refractivity contribution < 1.29 is 23.8 Å². The van der Waals surface area contributed by atoms with Gasteiger partial charge in [0.25, 0.3) is 0 Å². The van der Waals surface area contributed by atoms with Crippen LogP contribution in [0.1, 0.15) is 22.8 Å². The van der Waals surface area contributed by atoms with Crippen molar-refractivity contribution >= 4 is 28.5 Å². The molecule has 0 radical (unpaired) electrons. The molecule has 0 aliphatic heterocycles. The van der Waals surface area contributed by atoms with Gasteiger partial charge in [0.1, 0.15) is 16.8 Å². The fourth-order valence-corrected chi connectivity index (χ4v) is 2.59. The van der Waals surface area contributed by atoms with Gasteiger partial charge in [-0.1, -0.05) is 11.6 Å². The molecule has 1 aliphatic carbocycles. The Balaban J connectivity index is 2.49. The highest BCUT2D eigenvalue weighted by atomic mass is 35.5. The third kappa shape index (κ3) is 1.96. The zero-order chi connectivity index (χ0) is 15.5. The number of halogens is 3. The van der Waals surface area contributed by atoms with Gasteiger partial charge in [0.15, 0.2) is 11.6 Å². The van der Waals surface area contributed by atoms with Crippen LogP contribution >= 0.6 is 11.6 Å². The molecule has 0 spiro atoms. The third-order valence-electron chi connectivity index (χ3n) is 3.45. The lowest BCUT2D eigenvalue weighted by Gasteiger charge is -2.13. The number of carboxylic acids is 1. The highest BCUT2D eigenvalue weighted by Gasteiger charge is 2.40. The van der Waals surface area contributed by atoms with Crippen LogP contribution < -0.4 is 5.43 Å². The quantitative estimate of drug-likeness (QED) is 0.892. The summed E-state index contributed by atoms with van der Waals surface area (Å²) in [6.45, 7) is 0. The number of phenolic OH excluding ortho intramolecular Hbond substituents is 1. The van der Waals surface area contributed by atoms with Crippen LogP contribution in [0.3, 0.4) is 0 Å². The maximum Gasteiger partial charge on any atom is 0.341 e. The highest BCUT2D eigenvalue weighted by Crippen LogP contribution is 2.42. The molecular weight excluding hydrogens is 308 g/mol. The van der Waals surface area contributed by atoms with E-state index in [4.69, 9.17) is 16.7 Å². The van der Waals surface area contributed by atoms with Gasteiger partial charge >= 0.3 is 5.97 Å². The first kappa shape index (κ1) is 13.8. The third-order valence-corrected chi connectivity index (χ3v) is 3.79. The number of aromatic carboxylic acids is 1. The van der Waals surface area contributed by atoms with E-state index in [9.17, 15) is 23.5 Å². The van der Waals surface area contributed by atoms with Crippen molar-refractivity contribution in [3.63, 3.8) is 0 Å². The maximum atomic E-state index is 13.7. The fourth-order valence-electron chi connectivity index (χ4n) is 2.29. The second kappa shape index (κ2) is 4.42. The Labute approximate surface area is 121 Å². The zero-order valence-corrected chi connectivity index (χ0v) is 11.1. The van der Waals surface area contributed by atoms with E-state index >= 15 is 0 Å². The first-order valence-electron chi connectivity index (χ1n) is 5.96. The first-order valence-corrected chi connectivity index (χ1v) is 6.34. The monoisotopic (exact) mass is 315 g/mol. The molecule has 2 atom stereocenters. The van der Waals surface area contributed by atoms with Crippen molar-refractivity contribution in [3.8, 4) is 5.75 Å². The molecule has 1 aromatic carbocycles. The summed E-state index contributed by atoms with van der Waals surface area (Å²) < 4.78 is 28.2. The minimum atomic E-state index is -1.49. The topological polar surface area (TPSA) is 79.5 Å². The summed E-state index contributed by atoms with van der Waals surface area (Å²) in [5.74, 6) is -3.51. The number of aromatic hydroxyl groups is 1. The molecule has 8 heteroatoms. The van der Waals surface area contributed by atoms with Gasteiger partial charge in [-0.25, -0.2) is 13.6 Å². The number of carbonyl (C=O) groups is 1. The largest absolute Gasteiger partial charge is 0.505 e. The molecule has 110 valence electrons. The summed E-state index contributed by atoms with van der Waals surface area (Å²) in [6, 6.07) is 0.102. The Hall–Kier alpha value is -2.15. The summed E-state index contributed by atoms with van der Waals surface area (Å²) in [6.07, 6.45) is -0.138. The van der Waals surface area contributed by atoms with Crippen LogP contribution in [0.2, 0.25) is 5.02 Å². The average molecular weight is 316 g/mol. The van der Waals surface area contributed by atoms with Crippen molar-refractivity contribution in [2.75, 3.05) is 0 Å². The Morgan fingerprint density at radius 2 is 2.10 bits per heavy atom. The second-order valence-corrected chi connectivity index (χ2v) is 5.20. The molecule has 0 saturated heterocycles. The molecule has 1 aliphatic rings. The van der Waals surface area contributed by atoms with Crippen LogP contribution in [0.5, 0.6) is 5.75 Å². The zero-order valence-electron chi connectivity index (χ0n) is 10.3. The second-order valence-electron chi connectivity index (χ2n) is 4.82. The minimum absolute atomic E-state index is 0.118. The molecule has 1 aromatic heterocycles. The van der Waals surface area contributed by atoms with Crippen LogP contribution in [0.25, 0.3) is 10.9 Å². The molecule has 2 unspecified atom stereocenters.